The van der Waals surface area contributed by atoms with E-state index in [4.69, 9.17) is 0 Å². The van der Waals surface area contributed by atoms with Crippen LogP contribution in [0.25, 0.3) is 96.6 Å². The van der Waals surface area contributed by atoms with E-state index in [9.17, 15) is 0 Å². The molecular weight excluding hydrogens is 743 g/mol. The van der Waals surface area contributed by atoms with Crippen LogP contribution in [-0.2, 0) is 0 Å². The molecule has 0 aliphatic heterocycles. The Kier molecular flexibility index (Phi) is 8.11. The number of benzene rings is 11. The van der Waals surface area contributed by atoms with Gasteiger partial charge in [0.15, 0.2) is 0 Å². The van der Waals surface area contributed by atoms with Gasteiger partial charge in [-0.15, -0.1) is 11.3 Å². The standard InChI is InChI=1S/C58H37NS/c1-3-18-39(19-4-1)56-48-25-10-9-24-45(48)46-35-34-41(37-50(46)57(56)40-20-5-2-6-21-40)43-23-11-13-28-51(43)59(53-30-16-32-55-58(53)49-26-12-14-31-54(49)60-55)52-29-15-27-44-42-22-8-7-17-38(42)33-36-47(44)52/h1-37H. The van der Waals surface area contributed by atoms with Gasteiger partial charge in [0, 0.05) is 31.1 Å². The third kappa shape index (κ3) is 5.46. The van der Waals surface area contributed by atoms with E-state index in [0.29, 0.717) is 0 Å². The van der Waals surface area contributed by atoms with Gasteiger partial charge in [-0.25, -0.2) is 0 Å². The Hall–Kier alpha value is -7.52. The van der Waals surface area contributed by atoms with Crippen LogP contribution in [0.5, 0.6) is 0 Å². The molecule has 2 heteroatoms. The van der Waals surface area contributed by atoms with Crippen molar-refractivity contribution in [1.82, 2.24) is 0 Å². The van der Waals surface area contributed by atoms with E-state index in [0.717, 1.165) is 11.4 Å². The number of anilines is 3. The summed E-state index contributed by atoms with van der Waals surface area (Å²) in [4.78, 5) is 2.53. The predicted molar refractivity (Wildman–Crippen MR) is 260 cm³/mol. The summed E-state index contributed by atoms with van der Waals surface area (Å²) < 4.78 is 2.57. The molecule has 0 unspecified atom stereocenters. The number of fused-ring (bicyclic) bond motifs is 9. The summed E-state index contributed by atoms with van der Waals surface area (Å²) in [6.45, 7) is 0. The van der Waals surface area contributed by atoms with Crippen LogP contribution in [0.4, 0.5) is 17.1 Å². The van der Waals surface area contributed by atoms with E-state index in [1.807, 2.05) is 11.3 Å². The smallest absolute Gasteiger partial charge is 0.0555 e. The van der Waals surface area contributed by atoms with Crippen LogP contribution in [0, 0.1) is 0 Å². The second-order valence-corrected chi connectivity index (χ2v) is 16.6. The lowest BCUT2D eigenvalue weighted by Crippen LogP contribution is -2.12. The monoisotopic (exact) mass is 779 g/mol. The van der Waals surface area contributed by atoms with Gasteiger partial charge in [-0.2, -0.15) is 0 Å². The first kappa shape index (κ1) is 34.5. The molecule has 0 N–H and O–H groups in total. The first-order valence-corrected chi connectivity index (χ1v) is 21.4. The van der Waals surface area contributed by atoms with E-state index in [-0.39, 0.29) is 0 Å². The Morgan fingerprint density at radius 1 is 0.283 bits per heavy atom. The molecule has 0 fully saturated rings. The lowest BCUT2D eigenvalue weighted by Gasteiger charge is -2.30. The lowest BCUT2D eigenvalue weighted by molar-refractivity contribution is 1.32. The minimum Gasteiger partial charge on any atom is -0.309 e. The van der Waals surface area contributed by atoms with Crippen LogP contribution in [0.2, 0.25) is 0 Å². The Balaban J connectivity index is 1.18. The number of hydrogen-bond donors (Lipinski definition) is 0. The minimum absolute atomic E-state index is 1.13. The highest BCUT2D eigenvalue weighted by Gasteiger charge is 2.24. The quantitative estimate of drug-likeness (QED) is 0.152. The van der Waals surface area contributed by atoms with Crippen molar-refractivity contribution in [2.75, 3.05) is 4.90 Å². The summed E-state index contributed by atoms with van der Waals surface area (Å²) in [7, 11) is 0. The highest BCUT2D eigenvalue weighted by molar-refractivity contribution is 7.26. The molecule has 0 atom stereocenters. The van der Waals surface area contributed by atoms with Crippen molar-refractivity contribution in [3.8, 4) is 33.4 Å². The molecular formula is C58H37NS. The number of para-hydroxylation sites is 1. The van der Waals surface area contributed by atoms with Crippen molar-refractivity contribution in [1.29, 1.82) is 0 Å². The summed E-state index contributed by atoms with van der Waals surface area (Å²) in [5.41, 5.74) is 10.7. The van der Waals surface area contributed by atoms with Gasteiger partial charge in [0.25, 0.3) is 0 Å². The zero-order chi connectivity index (χ0) is 39.6. The summed E-state index contributed by atoms with van der Waals surface area (Å²) in [6, 6.07) is 82.6. The molecule has 12 aromatic rings. The van der Waals surface area contributed by atoms with Gasteiger partial charge in [-0.05, 0) is 102 Å². The Morgan fingerprint density at radius 2 is 0.817 bits per heavy atom. The second-order valence-electron chi connectivity index (χ2n) is 15.5. The third-order valence-corrected chi connectivity index (χ3v) is 13.4. The number of thiophene rings is 1. The SMILES string of the molecule is c1ccc(-c2c(-c3ccccc3)c3cc(-c4ccccc4N(c4cccc5c4ccc4ccccc45)c4cccc5sc6ccccc6c45)ccc3c3ccccc23)cc1. The largest absolute Gasteiger partial charge is 0.309 e. The molecule has 12 rings (SSSR count). The fourth-order valence-electron chi connectivity index (χ4n) is 9.63. The van der Waals surface area contributed by atoms with Gasteiger partial charge < -0.3 is 4.90 Å². The van der Waals surface area contributed by atoms with Crippen LogP contribution >= 0.6 is 11.3 Å². The minimum atomic E-state index is 1.13. The van der Waals surface area contributed by atoms with Gasteiger partial charge in [-0.3, -0.25) is 0 Å². The zero-order valence-electron chi connectivity index (χ0n) is 32.7. The molecule has 1 aromatic heterocycles. The second kappa shape index (κ2) is 14.1. The molecule has 0 aliphatic rings. The van der Waals surface area contributed by atoms with Crippen molar-refractivity contribution < 1.29 is 0 Å². The highest BCUT2D eigenvalue weighted by Crippen LogP contribution is 2.51. The lowest BCUT2D eigenvalue weighted by atomic mass is 9.84. The third-order valence-electron chi connectivity index (χ3n) is 12.2. The molecule has 0 radical (unpaired) electrons. The maximum atomic E-state index is 2.53. The molecule has 11 aromatic carbocycles. The van der Waals surface area contributed by atoms with E-state index < -0.39 is 0 Å². The maximum absolute atomic E-state index is 2.53. The Morgan fingerprint density at radius 3 is 1.63 bits per heavy atom. The summed E-state index contributed by atoms with van der Waals surface area (Å²) in [6.07, 6.45) is 0. The summed E-state index contributed by atoms with van der Waals surface area (Å²) >= 11 is 1.86. The molecule has 280 valence electrons. The average Bonchev–Trinajstić information content (AvgIpc) is 3.71. The molecule has 0 spiro atoms. The van der Waals surface area contributed by atoms with E-state index in [1.165, 1.54) is 102 Å². The van der Waals surface area contributed by atoms with Crippen molar-refractivity contribution in [3.05, 3.63) is 224 Å². The molecule has 1 nitrogen and oxygen atoms in total. The van der Waals surface area contributed by atoms with Crippen LogP contribution in [0.15, 0.2) is 224 Å². The molecule has 0 amide bonds. The first-order valence-electron chi connectivity index (χ1n) is 20.6. The molecule has 60 heavy (non-hydrogen) atoms. The summed E-state index contributed by atoms with van der Waals surface area (Å²) in [5.74, 6) is 0. The van der Waals surface area contributed by atoms with Gasteiger partial charge in [-0.1, -0.05) is 188 Å². The van der Waals surface area contributed by atoms with Crippen molar-refractivity contribution in [3.63, 3.8) is 0 Å². The Labute approximate surface area is 352 Å². The van der Waals surface area contributed by atoms with E-state index >= 15 is 0 Å². The predicted octanol–water partition coefficient (Wildman–Crippen LogP) is 17.1. The first-order chi connectivity index (χ1) is 29.8. The number of rotatable bonds is 6. The van der Waals surface area contributed by atoms with Crippen molar-refractivity contribution in [2.24, 2.45) is 0 Å². The van der Waals surface area contributed by atoms with Crippen LogP contribution in [0.3, 0.4) is 0 Å². The normalized spacial score (nSPS) is 11.7. The van der Waals surface area contributed by atoms with Crippen LogP contribution in [-0.4, -0.2) is 0 Å². The average molecular weight is 780 g/mol. The van der Waals surface area contributed by atoms with Gasteiger partial charge in [0.1, 0.15) is 0 Å². The molecule has 0 saturated carbocycles. The molecule has 0 bridgehead atoms. The Bertz CT molecular complexity index is 3600. The van der Waals surface area contributed by atoms with Gasteiger partial charge in [0.05, 0.1) is 17.1 Å². The molecule has 0 aliphatic carbocycles. The highest BCUT2D eigenvalue weighted by atomic mass is 32.1. The molecule has 1 heterocycles. The summed E-state index contributed by atoms with van der Waals surface area (Å²) in [5, 5.41) is 12.5. The molecule has 0 saturated heterocycles. The van der Waals surface area contributed by atoms with Gasteiger partial charge >= 0.3 is 0 Å². The zero-order valence-corrected chi connectivity index (χ0v) is 33.5. The topological polar surface area (TPSA) is 3.24 Å². The van der Waals surface area contributed by atoms with E-state index in [1.54, 1.807) is 0 Å². The fraction of sp³-hybridized carbons (Fsp3) is 0. The van der Waals surface area contributed by atoms with E-state index in [2.05, 4.69) is 229 Å². The number of nitrogens with zero attached hydrogens (tertiary/aromatic N) is 1. The van der Waals surface area contributed by atoms with Crippen LogP contribution < -0.4 is 4.90 Å². The van der Waals surface area contributed by atoms with Gasteiger partial charge in [0.2, 0.25) is 0 Å². The van der Waals surface area contributed by atoms with Crippen LogP contribution in [0.1, 0.15) is 0 Å². The van der Waals surface area contributed by atoms with Crippen molar-refractivity contribution in [2.45, 2.75) is 0 Å². The number of hydrogen-bond acceptors (Lipinski definition) is 2. The van der Waals surface area contributed by atoms with Crippen molar-refractivity contribution >= 4 is 91.7 Å². The maximum Gasteiger partial charge on any atom is 0.0555 e. The fourth-order valence-corrected chi connectivity index (χ4v) is 10.8.